The zero-order valence-corrected chi connectivity index (χ0v) is 10.1. The quantitative estimate of drug-likeness (QED) is 0.703. The molecule has 0 saturated heterocycles. The molecule has 0 aliphatic heterocycles. The summed E-state index contributed by atoms with van der Waals surface area (Å²) in [6.07, 6.45) is 7.06. The molecule has 4 nitrogen and oxygen atoms in total. The summed E-state index contributed by atoms with van der Waals surface area (Å²) in [7, 11) is 0. The minimum atomic E-state index is -0.538. The maximum absolute atomic E-state index is 11.2. The molecule has 16 heavy (non-hydrogen) atoms. The highest BCUT2D eigenvalue weighted by Crippen LogP contribution is 2.20. The standard InChI is InChI=1S/C12H23NO3/c1-2-15-12(14)11(13)8-9-16-10-6-4-3-5-7-10/h10-11H,2-9,13H2,1H3. The van der Waals surface area contributed by atoms with Crippen LogP contribution in [0.3, 0.4) is 0 Å². The van der Waals surface area contributed by atoms with Gasteiger partial charge in [-0.15, -0.1) is 0 Å². The molecule has 94 valence electrons. The highest BCUT2D eigenvalue weighted by Gasteiger charge is 2.17. The van der Waals surface area contributed by atoms with Gasteiger partial charge in [-0.05, 0) is 26.2 Å². The van der Waals surface area contributed by atoms with Crippen molar-refractivity contribution in [2.75, 3.05) is 13.2 Å². The molecule has 0 heterocycles. The van der Waals surface area contributed by atoms with E-state index in [-0.39, 0.29) is 5.97 Å². The normalized spacial score (nSPS) is 19.4. The molecule has 0 aromatic heterocycles. The molecule has 0 radical (unpaired) electrons. The van der Waals surface area contributed by atoms with Crippen molar-refractivity contribution in [3.63, 3.8) is 0 Å². The highest BCUT2D eigenvalue weighted by molar-refractivity contribution is 5.75. The number of hydrogen-bond donors (Lipinski definition) is 1. The van der Waals surface area contributed by atoms with E-state index in [1.165, 1.54) is 19.3 Å². The summed E-state index contributed by atoms with van der Waals surface area (Å²) in [4.78, 5) is 11.2. The SMILES string of the molecule is CCOC(=O)C(N)CCOC1CCCCC1. The number of carbonyl (C=O) groups excluding carboxylic acids is 1. The van der Waals surface area contributed by atoms with Crippen LogP contribution in [0, 0.1) is 0 Å². The predicted octanol–water partition coefficient (Wildman–Crippen LogP) is 1.62. The third-order valence-corrected chi connectivity index (χ3v) is 2.92. The molecule has 1 unspecified atom stereocenters. The summed E-state index contributed by atoms with van der Waals surface area (Å²) >= 11 is 0. The number of ether oxygens (including phenoxy) is 2. The molecule has 1 aliphatic rings. The highest BCUT2D eigenvalue weighted by atomic mass is 16.5. The van der Waals surface area contributed by atoms with Crippen molar-refractivity contribution in [3.8, 4) is 0 Å². The molecular formula is C12H23NO3. The fourth-order valence-corrected chi connectivity index (χ4v) is 1.96. The van der Waals surface area contributed by atoms with Crippen LogP contribution in [-0.2, 0) is 14.3 Å². The van der Waals surface area contributed by atoms with Crippen molar-refractivity contribution < 1.29 is 14.3 Å². The van der Waals surface area contributed by atoms with E-state index in [4.69, 9.17) is 15.2 Å². The van der Waals surface area contributed by atoms with Crippen LogP contribution in [0.25, 0.3) is 0 Å². The smallest absolute Gasteiger partial charge is 0.322 e. The summed E-state index contributed by atoms with van der Waals surface area (Å²) in [6, 6.07) is -0.538. The van der Waals surface area contributed by atoms with Gasteiger partial charge in [0.1, 0.15) is 6.04 Å². The molecule has 0 amide bonds. The first-order valence-electron chi connectivity index (χ1n) is 6.28. The van der Waals surface area contributed by atoms with Gasteiger partial charge < -0.3 is 15.2 Å². The zero-order valence-electron chi connectivity index (χ0n) is 10.1. The lowest BCUT2D eigenvalue weighted by Gasteiger charge is -2.22. The van der Waals surface area contributed by atoms with Crippen molar-refractivity contribution in [2.24, 2.45) is 5.73 Å². The maximum Gasteiger partial charge on any atom is 0.322 e. The number of rotatable bonds is 6. The van der Waals surface area contributed by atoms with Crippen LogP contribution < -0.4 is 5.73 Å². The average molecular weight is 229 g/mol. The largest absolute Gasteiger partial charge is 0.465 e. The minimum Gasteiger partial charge on any atom is -0.465 e. The van der Waals surface area contributed by atoms with E-state index < -0.39 is 6.04 Å². The monoisotopic (exact) mass is 229 g/mol. The van der Waals surface area contributed by atoms with Crippen molar-refractivity contribution in [2.45, 2.75) is 57.6 Å². The van der Waals surface area contributed by atoms with Gasteiger partial charge in [-0.1, -0.05) is 19.3 Å². The topological polar surface area (TPSA) is 61.5 Å². The first kappa shape index (κ1) is 13.5. The summed E-state index contributed by atoms with van der Waals surface area (Å²) in [6.45, 7) is 2.73. The van der Waals surface area contributed by atoms with Crippen molar-refractivity contribution in [3.05, 3.63) is 0 Å². The molecule has 4 heteroatoms. The van der Waals surface area contributed by atoms with Gasteiger partial charge in [-0.2, -0.15) is 0 Å². The second kappa shape index (κ2) is 7.63. The van der Waals surface area contributed by atoms with Crippen molar-refractivity contribution in [1.29, 1.82) is 0 Å². The molecule has 1 aliphatic carbocycles. The van der Waals surface area contributed by atoms with Gasteiger partial charge in [0.2, 0.25) is 0 Å². The van der Waals surface area contributed by atoms with E-state index in [9.17, 15) is 4.79 Å². The average Bonchev–Trinajstić information content (AvgIpc) is 2.30. The van der Waals surface area contributed by atoms with E-state index in [2.05, 4.69) is 0 Å². The number of esters is 1. The number of carbonyl (C=O) groups is 1. The van der Waals surface area contributed by atoms with Crippen LogP contribution in [-0.4, -0.2) is 31.3 Å². The molecule has 0 bridgehead atoms. The van der Waals surface area contributed by atoms with E-state index in [1.54, 1.807) is 6.92 Å². The van der Waals surface area contributed by atoms with Crippen molar-refractivity contribution in [1.82, 2.24) is 0 Å². The molecule has 1 atom stereocenters. The number of hydrogen-bond acceptors (Lipinski definition) is 4. The molecule has 1 fully saturated rings. The van der Waals surface area contributed by atoms with Crippen LogP contribution in [0.4, 0.5) is 0 Å². The summed E-state index contributed by atoms with van der Waals surface area (Å²) < 4.78 is 10.5. The molecular weight excluding hydrogens is 206 g/mol. The lowest BCUT2D eigenvalue weighted by atomic mass is 9.98. The second-order valence-electron chi connectivity index (χ2n) is 4.28. The molecule has 2 N–H and O–H groups in total. The van der Waals surface area contributed by atoms with Gasteiger partial charge in [0.05, 0.1) is 12.7 Å². The van der Waals surface area contributed by atoms with Crippen LogP contribution >= 0.6 is 0 Å². The van der Waals surface area contributed by atoms with Gasteiger partial charge in [0.15, 0.2) is 0 Å². The van der Waals surface area contributed by atoms with Crippen LogP contribution in [0.5, 0.6) is 0 Å². The Morgan fingerprint density at radius 3 is 2.69 bits per heavy atom. The first-order chi connectivity index (χ1) is 7.74. The van der Waals surface area contributed by atoms with Crippen LogP contribution in [0.1, 0.15) is 45.4 Å². The minimum absolute atomic E-state index is 0.324. The van der Waals surface area contributed by atoms with Crippen molar-refractivity contribution >= 4 is 5.97 Å². The van der Waals surface area contributed by atoms with Crippen LogP contribution in [0.15, 0.2) is 0 Å². The predicted molar refractivity (Wildman–Crippen MR) is 62.1 cm³/mol. The van der Waals surface area contributed by atoms with E-state index in [0.29, 0.717) is 25.7 Å². The molecule has 0 spiro atoms. The Balaban J connectivity index is 2.07. The van der Waals surface area contributed by atoms with Crippen LogP contribution in [0.2, 0.25) is 0 Å². The van der Waals surface area contributed by atoms with E-state index in [1.807, 2.05) is 0 Å². The van der Waals surface area contributed by atoms with Gasteiger partial charge in [0, 0.05) is 6.61 Å². The lowest BCUT2D eigenvalue weighted by Crippen LogP contribution is -2.34. The third kappa shape index (κ3) is 4.94. The van der Waals surface area contributed by atoms with Gasteiger partial charge in [-0.25, -0.2) is 0 Å². The molecule has 0 aromatic rings. The molecule has 0 aromatic carbocycles. The summed E-state index contributed by atoms with van der Waals surface area (Å²) in [5.74, 6) is -0.324. The Bertz CT molecular complexity index is 202. The Kier molecular flexibility index (Phi) is 6.42. The zero-order chi connectivity index (χ0) is 11.8. The number of nitrogens with two attached hydrogens (primary N) is 1. The maximum atomic E-state index is 11.2. The van der Waals surface area contributed by atoms with Gasteiger partial charge in [0.25, 0.3) is 0 Å². The third-order valence-electron chi connectivity index (χ3n) is 2.92. The van der Waals surface area contributed by atoms with E-state index >= 15 is 0 Å². The second-order valence-corrected chi connectivity index (χ2v) is 4.28. The molecule has 1 saturated carbocycles. The Morgan fingerprint density at radius 1 is 1.38 bits per heavy atom. The first-order valence-corrected chi connectivity index (χ1v) is 6.28. The Morgan fingerprint density at radius 2 is 2.06 bits per heavy atom. The fourth-order valence-electron chi connectivity index (χ4n) is 1.96. The van der Waals surface area contributed by atoms with E-state index in [0.717, 1.165) is 12.8 Å². The Labute approximate surface area is 97.5 Å². The fraction of sp³-hybridized carbons (Fsp3) is 0.917. The van der Waals surface area contributed by atoms with Gasteiger partial charge in [-0.3, -0.25) is 4.79 Å². The lowest BCUT2D eigenvalue weighted by molar-refractivity contribution is -0.145. The van der Waals surface area contributed by atoms with Gasteiger partial charge >= 0.3 is 5.97 Å². The summed E-state index contributed by atoms with van der Waals surface area (Å²) in [5.41, 5.74) is 5.66. The Hall–Kier alpha value is -0.610. The molecule has 1 rings (SSSR count). The summed E-state index contributed by atoms with van der Waals surface area (Å²) in [5, 5.41) is 0.